The van der Waals surface area contributed by atoms with Gasteiger partial charge in [-0.1, -0.05) is 46.3 Å². The van der Waals surface area contributed by atoms with E-state index in [0.29, 0.717) is 0 Å². The summed E-state index contributed by atoms with van der Waals surface area (Å²) in [4.78, 5) is 14.6. The maximum absolute atomic E-state index is 12.7. The van der Waals surface area contributed by atoms with Gasteiger partial charge in [-0.05, 0) is 32.3 Å². The number of rotatable bonds is 4. The Labute approximate surface area is 117 Å². The molecule has 3 heteroatoms. The topological polar surface area (TPSA) is 20.3 Å². The van der Waals surface area contributed by atoms with E-state index in [9.17, 15) is 4.79 Å². The van der Waals surface area contributed by atoms with E-state index in [1.807, 2.05) is 30.1 Å². The molecule has 0 N–H and O–H groups in total. The van der Waals surface area contributed by atoms with Crippen molar-refractivity contribution in [3.05, 3.63) is 35.9 Å². The van der Waals surface area contributed by atoms with Crippen LogP contribution in [-0.4, -0.2) is 28.7 Å². The lowest BCUT2D eigenvalue weighted by molar-refractivity contribution is -0.136. The number of halogens is 1. The van der Waals surface area contributed by atoms with E-state index in [1.54, 1.807) is 0 Å². The van der Waals surface area contributed by atoms with Gasteiger partial charge in [0.05, 0.1) is 5.41 Å². The zero-order valence-electron chi connectivity index (χ0n) is 11.2. The summed E-state index contributed by atoms with van der Waals surface area (Å²) in [5.41, 5.74) is 0.754. The van der Waals surface area contributed by atoms with E-state index in [4.69, 9.17) is 0 Å². The Kier molecular flexibility index (Phi) is 3.54. The van der Waals surface area contributed by atoms with Crippen molar-refractivity contribution in [1.82, 2.24) is 4.90 Å². The Morgan fingerprint density at radius 2 is 1.89 bits per heavy atom. The van der Waals surface area contributed by atoms with E-state index in [1.165, 1.54) is 0 Å². The minimum Gasteiger partial charge on any atom is -0.339 e. The van der Waals surface area contributed by atoms with Gasteiger partial charge >= 0.3 is 0 Å². The van der Waals surface area contributed by atoms with Gasteiger partial charge in [0, 0.05) is 17.9 Å². The number of carbonyl (C=O) groups is 1. The molecule has 1 aliphatic carbocycles. The number of alkyl halides is 1. The lowest BCUT2D eigenvalue weighted by Crippen LogP contribution is -2.50. The van der Waals surface area contributed by atoms with Crippen LogP contribution in [0.3, 0.4) is 0 Å². The van der Waals surface area contributed by atoms with Crippen molar-refractivity contribution in [1.29, 1.82) is 0 Å². The second-order valence-corrected chi connectivity index (χ2v) is 6.32. The summed E-state index contributed by atoms with van der Waals surface area (Å²) in [6.45, 7) is 4.17. The van der Waals surface area contributed by atoms with Gasteiger partial charge in [-0.25, -0.2) is 0 Å². The smallest absolute Gasteiger partial charge is 0.233 e. The second kappa shape index (κ2) is 4.69. The minimum absolute atomic E-state index is 0.151. The van der Waals surface area contributed by atoms with Crippen molar-refractivity contribution >= 4 is 21.8 Å². The molecule has 0 bridgehead atoms. The van der Waals surface area contributed by atoms with Gasteiger partial charge in [0.2, 0.25) is 5.91 Å². The van der Waals surface area contributed by atoms with Gasteiger partial charge in [-0.15, -0.1) is 0 Å². The van der Waals surface area contributed by atoms with Crippen LogP contribution < -0.4 is 0 Å². The van der Waals surface area contributed by atoms with Crippen molar-refractivity contribution in [2.24, 2.45) is 0 Å². The van der Waals surface area contributed by atoms with Gasteiger partial charge in [0.1, 0.15) is 0 Å². The highest BCUT2D eigenvalue weighted by atomic mass is 79.9. The van der Waals surface area contributed by atoms with Gasteiger partial charge < -0.3 is 4.90 Å². The number of hydrogen-bond donors (Lipinski definition) is 0. The Bertz CT molecular complexity index is 437. The van der Waals surface area contributed by atoms with Crippen molar-refractivity contribution < 1.29 is 4.79 Å². The highest BCUT2D eigenvalue weighted by Crippen LogP contribution is 2.50. The molecule has 0 spiro atoms. The highest BCUT2D eigenvalue weighted by molar-refractivity contribution is 9.09. The van der Waals surface area contributed by atoms with Crippen LogP contribution in [0.15, 0.2) is 30.3 Å². The molecule has 1 aromatic rings. The maximum atomic E-state index is 12.7. The normalized spacial score (nSPS) is 17.3. The van der Waals surface area contributed by atoms with Crippen LogP contribution in [0, 0.1) is 0 Å². The molecule has 2 nitrogen and oxygen atoms in total. The molecule has 1 aliphatic rings. The van der Waals surface area contributed by atoms with Crippen LogP contribution >= 0.6 is 15.9 Å². The zero-order chi connectivity index (χ0) is 13.4. The molecule has 0 saturated heterocycles. The Balaban J connectivity index is 2.25. The molecule has 98 valence electrons. The monoisotopic (exact) mass is 309 g/mol. The summed E-state index contributed by atoms with van der Waals surface area (Å²) in [6, 6.07) is 10.2. The predicted molar refractivity (Wildman–Crippen MR) is 78.0 cm³/mol. The van der Waals surface area contributed by atoms with Crippen molar-refractivity contribution in [2.45, 2.75) is 37.6 Å². The Morgan fingerprint density at radius 1 is 1.33 bits per heavy atom. The summed E-state index contributed by atoms with van der Waals surface area (Å²) in [5.74, 6) is 0.248. The molecule has 1 amide bonds. The van der Waals surface area contributed by atoms with Crippen LogP contribution in [0.5, 0.6) is 0 Å². The molecule has 2 rings (SSSR count). The van der Waals surface area contributed by atoms with Crippen LogP contribution in [0.25, 0.3) is 0 Å². The molecule has 0 atom stereocenters. The van der Waals surface area contributed by atoms with Gasteiger partial charge in [0.15, 0.2) is 0 Å². The second-order valence-electron chi connectivity index (χ2n) is 5.76. The first-order valence-electron chi connectivity index (χ1n) is 6.34. The molecular weight excluding hydrogens is 290 g/mol. The molecular formula is C15H20BrNO. The fourth-order valence-corrected chi connectivity index (χ4v) is 2.57. The van der Waals surface area contributed by atoms with Crippen molar-refractivity contribution in [3.63, 3.8) is 0 Å². The molecule has 0 heterocycles. The molecule has 0 unspecified atom stereocenters. The van der Waals surface area contributed by atoms with E-state index >= 15 is 0 Å². The first-order chi connectivity index (χ1) is 8.44. The summed E-state index contributed by atoms with van der Waals surface area (Å²) >= 11 is 3.49. The van der Waals surface area contributed by atoms with E-state index in [-0.39, 0.29) is 16.9 Å². The molecule has 18 heavy (non-hydrogen) atoms. The molecule has 1 saturated carbocycles. The van der Waals surface area contributed by atoms with Gasteiger partial charge in [-0.2, -0.15) is 0 Å². The quantitative estimate of drug-likeness (QED) is 0.781. The zero-order valence-corrected chi connectivity index (χ0v) is 12.8. The molecule has 0 aliphatic heterocycles. The van der Waals surface area contributed by atoms with Crippen molar-refractivity contribution in [3.8, 4) is 0 Å². The fourth-order valence-electron chi connectivity index (χ4n) is 2.19. The molecule has 1 fully saturated rings. The molecule has 0 aromatic heterocycles. The van der Waals surface area contributed by atoms with Crippen LogP contribution in [-0.2, 0) is 10.2 Å². The third kappa shape index (κ3) is 2.20. The summed E-state index contributed by atoms with van der Waals surface area (Å²) in [6.07, 6.45) is 1.94. The number of hydrogen-bond acceptors (Lipinski definition) is 1. The third-order valence-electron chi connectivity index (χ3n) is 4.03. The van der Waals surface area contributed by atoms with Crippen LogP contribution in [0.1, 0.15) is 32.3 Å². The van der Waals surface area contributed by atoms with Crippen LogP contribution in [0.2, 0.25) is 0 Å². The molecule has 1 aromatic carbocycles. The maximum Gasteiger partial charge on any atom is 0.233 e. The predicted octanol–water partition coefficient (Wildman–Crippen LogP) is 3.35. The lowest BCUT2D eigenvalue weighted by Gasteiger charge is -2.37. The van der Waals surface area contributed by atoms with E-state index < -0.39 is 0 Å². The first-order valence-corrected chi connectivity index (χ1v) is 7.46. The number of benzene rings is 1. The number of amides is 1. The standard InChI is InChI=1S/C15H20BrNO/c1-14(2,11-16)17(3)13(18)15(9-10-15)12-7-5-4-6-8-12/h4-8H,9-11H2,1-3H3. The van der Waals surface area contributed by atoms with Gasteiger partial charge in [0.25, 0.3) is 0 Å². The van der Waals surface area contributed by atoms with E-state index in [0.717, 1.165) is 23.7 Å². The highest BCUT2D eigenvalue weighted by Gasteiger charge is 2.53. The lowest BCUT2D eigenvalue weighted by atomic mass is 9.92. The minimum atomic E-state index is -0.255. The average Bonchev–Trinajstić information content (AvgIpc) is 3.19. The Morgan fingerprint density at radius 3 is 2.33 bits per heavy atom. The SMILES string of the molecule is CN(C(=O)C1(c2ccccc2)CC1)C(C)(C)CBr. The van der Waals surface area contributed by atoms with Gasteiger partial charge in [-0.3, -0.25) is 4.79 Å². The largest absolute Gasteiger partial charge is 0.339 e. The van der Waals surface area contributed by atoms with Crippen LogP contribution in [0.4, 0.5) is 0 Å². The number of carbonyl (C=O) groups excluding carboxylic acids is 1. The number of nitrogens with zero attached hydrogens (tertiary/aromatic N) is 1. The first kappa shape index (κ1) is 13.6. The van der Waals surface area contributed by atoms with Crippen molar-refractivity contribution in [2.75, 3.05) is 12.4 Å². The van der Waals surface area contributed by atoms with E-state index in [2.05, 4.69) is 41.9 Å². The third-order valence-corrected chi connectivity index (χ3v) is 5.40. The average molecular weight is 310 g/mol. The summed E-state index contributed by atoms with van der Waals surface area (Å²) < 4.78 is 0. The summed E-state index contributed by atoms with van der Waals surface area (Å²) in [5, 5.41) is 0.785. The Hall–Kier alpha value is -0.830. The molecule has 0 radical (unpaired) electrons. The summed E-state index contributed by atoms with van der Waals surface area (Å²) in [7, 11) is 1.91. The number of likely N-dealkylation sites (N-methyl/N-ethyl adjacent to an activating group) is 1. The fraction of sp³-hybridized carbons (Fsp3) is 0.533.